The summed E-state index contributed by atoms with van der Waals surface area (Å²) in [5.74, 6) is -9.66. The number of sulfonamides is 1. The Kier molecular flexibility index (Phi) is 7.69. The third-order valence-electron chi connectivity index (χ3n) is 4.47. The topological polar surface area (TPSA) is 83.9 Å². The van der Waals surface area contributed by atoms with Gasteiger partial charge >= 0.3 is 5.97 Å². The first-order valence-corrected chi connectivity index (χ1v) is 10.9. The van der Waals surface area contributed by atoms with Crippen LogP contribution in [0.2, 0.25) is 0 Å². The average molecular weight is 477 g/mol. The molecule has 0 aliphatic heterocycles. The summed E-state index contributed by atoms with van der Waals surface area (Å²) in [7, 11) is -4.33. The number of esters is 1. The van der Waals surface area contributed by atoms with E-state index in [1.54, 1.807) is 6.07 Å². The number of likely N-dealkylation sites (N-methyl/N-ethyl adjacent to an activating group) is 1. The van der Waals surface area contributed by atoms with Crippen molar-refractivity contribution in [3.05, 3.63) is 64.7 Å². The van der Waals surface area contributed by atoms with Crippen LogP contribution in [0, 0.1) is 23.3 Å². The van der Waals surface area contributed by atoms with Gasteiger partial charge in [-0.3, -0.25) is 4.79 Å². The number of rotatable bonds is 7. The number of hydrogen-bond donors (Lipinski definition) is 1. The molecule has 6 nitrogen and oxygen atoms in total. The van der Waals surface area contributed by atoms with Crippen molar-refractivity contribution in [3.63, 3.8) is 0 Å². The predicted octanol–water partition coefficient (Wildman–Crippen LogP) is 3.16. The molecule has 32 heavy (non-hydrogen) atoms. The Labute approximate surface area is 183 Å². The zero-order valence-corrected chi connectivity index (χ0v) is 18.6. The number of aliphatic hydroxyl groups is 1. The highest BCUT2D eigenvalue weighted by molar-refractivity contribution is 7.89. The maximum atomic E-state index is 14.7. The minimum absolute atomic E-state index is 0.241. The molecule has 0 spiro atoms. The van der Waals surface area contributed by atoms with E-state index in [0.29, 0.717) is 5.56 Å². The minimum atomic E-state index is -5.14. The highest BCUT2D eigenvalue weighted by Crippen LogP contribution is 2.32. The monoisotopic (exact) mass is 477 g/mol. The van der Waals surface area contributed by atoms with Crippen molar-refractivity contribution in [2.45, 2.75) is 43.7 Å². The minimum Gasteiger partial charge on any atom is -0.459 e. The Balaban J connectivity index is 2.66. The van der Waals surface area contributed by atoms with E-state index < -0.39 is 74.4 Å². The van der Waals surface area contributed by atoms with Gasteiger partial charge in [-0.1, -0.05) is 30.3 Å². The van der Waals surface area contributed by atoms with E-state index in [9.17, 15) is 35.9 Å². The summed E-state index contributed by atoms with van der Waals surface area (Å²) in [5.41, 5.74) is -1.71. The molecular weight excluding hydrogens is 454 g/mol. The van der Waals surface area contributed by atoms with Crippen LogP contribution < -0.4 is 0 Å². The summed E-state index contributed by atoms with van der Waals surface area (Å²) < 4.78 is 89.0. The highest BCUT2D eigenvalue weighted by Gasteiger charge is 2.40. The molecule has 0 radical (unpaired) electrons. The van der Waals surface area contributed by atoms with E-state index in [2.05, 4.69) is 0 Å². The van der Waals surface area contributed by atoms with E-state index in [1.807, 2.05) is 0 Å². The van der Waals surface area contributed by atoms with Crippen LogP contribution >= 0.6 is 0 Å². The maximum Gasteiger partial charge on any atom is 0.327 e. The molecule has 176 valence electrons. The SMILES string of the molecule is CN([C@H](CO)C(=O)OC(C)(C)C)S(=O)(=O)c1c(F)c(F)c(F)c(F)c1Cc1ccccc1. The Morgan fingerprint density at radius 1 is 1.03 bits per heavy atom. The van der Waals surface area contributed by atoms with Crippen LogP contribution in [0.4, 0.5) is 17.6 Å². The number of carbonyl (C=O) groups excluding carboxylic acids is 1. The highest BCUT2D eigenvalue weighted by atomic mass is 32.2. The Hall–Kier alpha value is -2.50. The Morgan fingerprint density at radius 2 is 1.56 bits per heavy atom. The molecule has 0 saturated heterocycles. The predicted molar refractivity (Wildman–Crippen MR) is 107 cm³/mol. The lowest BCUT2D eigenvalue weighted by molar-refractivity contribution is -0.160. The molecule has 0 aromatic heterocycles. The molecule has 11 heteroatoms. The summed E-state index contributed by atoms with van der Waals surface area (Å²) in [5, 5.41) is 9.59. The van der Waals surface area contributed by atoms with E-state index >= 15 is 0 Å². The fourth-order valence-corrected chi connectivity index (χ4v) is 4.47. The number of aliphatic hydroxyl groups excluding tert-OH is 1. The normalized spacial score (nSPS) is 13.3. The molecule has 0 heterocycles. The van der Waals surface area contributed by atoms with E-state index in [1.165, 1.54) is 45.0 Å². The van der Waals surface area contributed by atoms with Gasteiger partial charge in [-0.25, -0.2) is 26.0 Å². The molecule has 2 rings (SSSR count). The fourth-order valence-electron chi connectivity index (χ4n) is 2.90. The lowest BCUT2D eigenvalue weighted by Gasteiger charge is -2.29. The largest absolute Gasteiger partial charge is 0.459 e. The maximum absolute atomic E-state index is 14.7. The van der Waals surface area contributed by atoms with Gasteiger partial charge in [0, 0.05) is 19.0 Å². The van der Waals surface area contributed by atoms with Crippen molar-refractivity contribution in [2.24, 2.45) is 0 Å². The standard InChI is InChI=1S/C21H23F4NO5S/c1-21(2,3)31-20(28)14(11-27)26(4)32(29,30)19-13(10-12-8-6-5-7-9-12)15(22)16(23)17(24)18(19)25/h5-9,14,27H,10-11H2,1-4H3/t14-/m1/s1. The first kappa shape index (κ1) is 25.8. The summed E-state index contributed by atoms with van der Waals surface area (Å²) in [6.45, 7) is 3.43. The van der Waals surface area contributed by atoms with Gasteiger partial charge in [-0.2, -0.15) is 4.31 Å². The zero-order valence-electron chi connectivity index (χ0n) is 17.8. The van der Waals surface area contributed by atoms with Gasteiger partial charge in [0.05, 0.1) is 6.61 Å². The second-order valence-corrected chi connectivity index (χ2v) is 9.91. The number of halogens is 4. The smallest absolute Gasteiger partial charge is 0.327 e. The molecule has 2 aromatic carbocycles. The number of nitrogens with zero attached hydrogens (tertiary/aromatic N) is 1. The van der Waals surface area contributed by atoms with Crippen LogP contribution in [0.5, 0.6) is 0 Å². The van der Waals surface area contributed by atoms with Crippen LogP contribution in [0.15, 0.2) is 35.2 Å². The quantitative estimate of drug-likeness (QED) is 0.287. The van der Waals surface area contributed by atoms with Gasteiger partial charge in [0.15, 0.2) is 23.3 Å². The van der Waals surface area contributed by atoms with Crippen molar-refractivity contribution in [3.8, 4) is 0 Å². The van der Waals surface area contributed by atoms with E-state index in [0.717, 1.165) is 7.05 Å². The van der Waals surface area contributed by atoms with Crippen LogP contribution in [0.25, 0.3) is 0 Å². The molecule has 0 aliphatic carbocycles. The first-order valence-electron chi connectivity index (χ1n) is 9.42. The number of hydrogen-bond acceptors (Lipinski definition) is 5. The number of carbonyl (C=O) groups is 1. The summed E-state index contributed by atoms with van der Waals surface area (Å²) in [6.07, 6.45) is -0.584. The molecule has 0 unspecified atom stereocenters. The van der Waals surface area contributed by atoms with Crippen molar-refractivity contribution in [1.82, 2.24) is 4.31 Å². The molecule has 0 fully saturated rings. The second kappa shape index (κ2) is 9.55. The molecule has 0 saturated carbocycles. The van der Waals surface area contributed by atoms with Crippen molar-refractivity contribution in [2.75, 3.05) is 13.7 Å². The van der Waals surface area contributed by atoms with E-state index in [-0.39, 0.29) is 4.31 Å². The molecular formula is C21H23F4NO5S. The molecule has 0 amide bonds. The van der Waals surface area contributed by atoms with Gasteiger partial charge in [-0.15, -0.1) is 0 Å². The third kappa shape index (κ3) is 5.28. The van der Waals surface area contributed by atoms with Gasteiger partial charge in [0.2, 0.25) is 10.0 Å². The summed E-state index contributed by atoms with van der Waals surface area (Å²) in [4.78, 5) is 10.9. The van der Waals surface area contributed by atoms with Crippen LogP contribution in [0.3, 0.4) is 0 Å². The Morgan fingerprint density at radius 3 is 2.06 bits per heavy atom. The van der Waals surface area contributed by atoms with Crippen molar-refractivity contribution < 1.29 is 40.6 Å². The Bertz CT molecular complexity index is 1100. The molecule has 0 aliphatic rings. The van der Waals surface area contributed by atoms with Crippen molar-refractivity contribution >= 4 is 16.0 Å². The molecule has 2 aromatic rings. The number of ether oxygens (including phenoxy) is 1. The third-order valence-corrected chi connectivity index (χ3v) is 6.42. The second-order valence-electron chi connectivity index (χ2n) is 7.98. The van der Waals surface area contributed by atoms with Crippen LogP contribution in [-0.2, 0) is 26.0 Å². The molecule has 1 N–H and O–H groups in total. The first-order chi connectivity index (χ1) is 14.7. The molecule has 0 bridgehead atoms. The fraction of sp³-hybridized carbons (Fsp3) is 0.381. The van der Waals surface area contributed by atoms with Gasteiger partial charge < -0.3 is 9.84 Å². The van der Waals surface area contributed by atoms with E-state index in [4.69, 9.17) is 4.74 Å². The van der Waals surface area contributed by atoms with Gasteiger partial charge in [-0.05, 0) is 26.3 Å². The molecule has 1 atom stereocenters. The van der Waals surface area contributed by atoms with Crippen LogP contribution in [0.1, 0.15) is 31.9 Å². The average Bonchev–Trinajstić information content (AvgIpc) is 2.70. The van der Waals surface area contributed by atoms with Crippen molar-refractivity contribution in [1.29, 1.82) is 0 Å². The van der Waals surface area contributed by atoms with Gasteiger partial charge in [0.1, 0.15) is 16.5 Å². The zero-order chi connectivity index (χ0) is 24.4. The number of benzene rings is 2. The lowest BCUT2D eigenvalue weighted by atomic mass is 10.0. The summed E-state index contributed by atoms with van der Waals surface area (Å²) >= 11 is 0. The van der Waals surface area contributed by atoms with Gasteiger partial charge in [0.25, 0.3) is 0 Å². The summed E-state index contributed by atoms with van der Waals surface area (Å²) in [6, 6.07) is 5.75. The lowest BCUT2D eigenvalue weighted by Crippen LogP contribution is -2.47. The van der Waals surface area contributed by atoms with Crippen LogP contribution in [-0.4, -0.2) is 49.1 Å².